The molecule has 2 fully saturated rings. The maximum atomic E-state index is 5.62. The van der Waals surface area contributed by atoms with Crippen LogP contribution in [-0.2, 0) is 17.7 Å². The van der Waals surface area contributed by atoms with Crippen LogP contribution in [0.4, 0.5) is 0 Å². The van der Waals surface area contributed by atoms with Crippen molar-refractivity contribution < 1.29 is 4.74 Å². The Balaban J connectivity index is 1.44. The van der Waals surface area contributed by atoms with E-state index in [4.69, 9.17) is 10.5 Å². The molecular weight excluding hydrogens is 298 g/mol. The van der Waals surface area contributed by atoms with Crippen molar-refractivity contribution >= 4 is 0 Å². The minimum Gasteiger partial charge on any atom is -0.379 e. The average Bonchev–Trinajstić information content (AvgIpc) is 2.64. The maximum absolute atomic E-state index is 5.62. The smallest absolute Gasteiger partial charge is 0.0594 e. The van der Waals surface area contributed by atoms with Gasteiger partial charge < -0.3 is 10.5 Å². The van der Waals surface area contributed by atoms with Gasteiger partial charge >= 0.3 is 0 Å². The zero-order chi connectivity index (χ0) is 16.8. The summed E-state index contributed by atoms with van der Waals surface area (Å²) in [7, 11) is 0. The summed E-state index contributed by atoms with van der Waals surface area (Å²) in [5, 5.41) is 0. The van der Waals surface area contributed by atoms with Crippen LogP contribution >= 0.6 is 0 Å². The summed E-state index contributed by atoms with van der Waals surface area (Å²) in [5.74, 6) is 0.839. The third-order valence-corrected chi connectivity index (χ3v) is 5.80. The fraction of sp³-hybridized carbons (Fsp3) is 0.700. The van der Waals surface area contributed by atoms with Crippen molar-refractivity contribution in [2.75, 3.05) is 45.9 Å². The summed E-state index contributed by atoms with van der Waals surface area (Å²) in [6.45, 7) is 10.7. The van der Waals surface area contributed by atoms with E-state index in [-0.39, 0.29) is 0 Å². The van der Waals surface area contributed by atoms with Gasteiger partial charge in [0.25, 0.3) is 0 Å². The minimum absolute atomic E-state index is 0.701. The molecule has 2 heterocycles. The molecule has 4 nitrogen and oxygen atoms in total. The van der Waals surface area contributed by atoms with Crippen molar-refractivity contribution in [1.82, 2.24) is 9.80 Å². The van der Waals surface area contributed by atoms with E-state index in [1.54, 1.807) is 0 Å². The number of rotatable bonds is 6. The van der Waals surface area contributed by atoms with Crippen molar-refractivity contribution in [3.63, 3.8) is 0 Å². The zero-order valence-corrected chi connectivity index (χ0v) is 15.1. The highest BCUT2D eigenvalue weighted by atomic mass is 16.5. The summed E-state index contributed by atoms with van der Waals surface area (Å²) < 4.78 is 5.49. The van der Waals surface area contributed by atoms with Crippen molar-refractivity contribution in [2.45, 2.75) is 38.8 Å². The standard InChI is InChI=1S/C20H33N3O/c1-17(23-12-14-24-15-13-23)20-7-10-22(11-8-20)16-19-4-2-18(3-5-19)6-9-21/h2-5,17,20H,6-16,21H2,1H3. The molecule has 0 amide bonds. The molecule has 1 aromatic carbocycles. The molecule has 2 N–H and O–H groups in total. The molecule has 0 saturated carbocycles. The Kier molecular flexibility index (Phi) is 6.67. The first kappa shape index (κ1) is 17.9. The number of ether oxygens (including phenoxy) is 1. The Morgan fingerprint density at radius 2 is 1.67 bits per heavy atom. The summed E-state index contributed by atoms with van der Waals surface area (Å²) in [5.41, 5.74) is 8.39. The Morgan fingerprint density at radius 3 is 2.29 bits per heavy atom. The highest BCUT2D eigenvalue weighted by molar-refractivity contribution is 5.22. The molecule has 134 valence electrons. The summed E-state index contributed by atoms with van der Waals surface area (Å²) in [6.07, 6.45) is 3.62. The van der Waals surface area contributed by atoms with Gasteiger partial charge in [0.2, 0.25) is 0 Å². The van der Waals surface area contributed by atoms with E-state index in [0.29, 0.717) is 6.04 Å². The molecule has 0 radical (unpaired) electrons. The van der Waals surface area contributed by atoms with Gasteiger partial charge in [-0.3, -0.25) is 9.80 Å². The lowest BCUT2D eigenvalue weighted by molar-refractivity contribution is -0.00192. The number of nitrogens with zero attached hydrogens (tertiary/aromatic N) is 2. The first-order valence-corrected chi connectivity index (χ1v) is 9.58. The van der Waals surface area contributed by atoms with E-state index in [2.05, 4.69) is 41.0 Å². The van der Waals surface area contributed by atoms with Crippen LogP contribution < -0.4 is 5.73 Å². The molecule has 2 saturated heterocycles. The average molecular weight is 332 g/mol. The highest BCUT2D eigenvalue weighted by Gasteiger charge is 2.28. The number of piperidine rings is 1. The number of hydrogen-bond acceptors (Lipinski definition) is 4. The minimum atomic E-state index is 0.701. The van der Waals surface area contributed by atoms with Crippen LogP contribution in [0.3, 0.4) is 0 Å². The van der Waals surface area contributed by atoms with Crippen molar-refractivity contribution in [1.29, 1.82) is 0 Å². The van der Waals surface area contributed by atoms with E-state index < -0.39 is 0 Å². The monoisotopic (exact) mass is 331 g/mol. The molecule has 3 rings (SSSR count). The Bertz CT molecular complexity index is 476. The molecule has 24 heavy (non-hydrogen) atoms. The number of morpholine rings is 1. The largest absolute Gasteiger partial charge is 0.379 e. The molecule has 0 aliphatic carbocycles. The van der Waals surface area contributed by atoms with E-state index in [9.17, 15) is 0 Å². The topological polar surface area (TPSA) is 41.7 Å². The van der Waals surface area contributed by atoms with Gasteiger partial charge in [-0.1, -0.05) is 24.3 Å². The number of likely N-dealkylation sites (tertiary alicyclic amines) is 1. The zero-order valence-electron chi connectivity index (χ0n) is 15.1. The Morgan fingerprint density at radius 1 is 1.04 bits per heavy atom. The van der Waals surface area contributed by atoms with Gasteiger partial charge in [-0.15, -0.1) is 0 Å². The quantitative estimate of drug-likeness (QED) is 0.867. The van der Waals surface area contributed by atoms with Crippen LogP contribution in [0, 0.1) is 5.92 Å². The van der Waals surface area contributed by atoms with Crippen LogP contribution in [0.15, 0.2) is 24.3 Å². The molecule has 0 spiro atoms. The predicted octanol–water partition coefficient (Wildman–Crippen LogP) is 2.12. The van der Waals surface area contributed by atoms with Crippen molar-refractivity contribution in [2.24, 2.45) is 11.7 Å². The normalized spacial score (nSPS) is 22.6. The molecule has 0 bridgehead atoms. The molecule has 4 heteroatoms. The molecule has 1 aromatic rings. The highest BCUT2D eigenvalue weighted by Crippen LogP contribution is 2.25. The van der Waals surface area contributed by atoms with Crippen LogP contribution in [0.5, 0.6) is 0 Å². The van der Waals surface area contributed by atoms with Gasteiger partial charge in [0.05, 0.1) is 13.2 Å². The van der Waals surface area contributed by atoms with E-state index in [0.717, 1.165) is 51.7 Å². The second kappa shape index (κ2) is 8.95. The van der Waals surface area contributed by atoms with Gasteiger partial charge in [-0.05, 0) is 62.9 Å². The molecule has 1 atom stereocenters. The van der Waals surface area contributed by atoms with E-state index >= 15 is 0 Å². The molecule has 0 aromatic heterocycles. The van der Waals surface area contributed by atoms with Crippen LogP contribution in [-0.4, -0.2) is 61.8 Å². The second-order valence-electron chi connectivity index (χ2n) is 7.36. The lowest BCUT2D eigenvalue weighted by atomic mass is 9.89. The SMILES string of the molecule is CC(C1CCN(Cc2ccc(CCN)cc2)CC1)N1CCOCC1. The van der Waals surface area contributed by atoms with Crippen molar-refractivity contribution in [3.05, 3.63) is 35.4 Å². The third kappa shape index (κ3) is 4.79. The number of nitrogens with two attached hydrogens (primary N) is 1. The molecular formula is C20H33N3O. The van der Waals surface area contributed by atoms with Gasteiger partial charge in [0.15, 0.2) is 0 Å². The Labute approximate surface area is 147 Å². The molecule has 1 unspecified atom stereocenters. The van der Waals surface area contributed by atoms with E-state index in [1.807, 2.05) is 0 Å². The molecule has 2 aliphatic rings. The van der Waals surface area contributed by atoms with Crippen LogP contribution in [0.1, 0.15) is 30.9 Å². The summed E-state index contributed by atoms with van der Waals surface area (Å²) in [6, 6.07) is 9.71. The Hall–Kier alpha value is -0.940. The number of benzene rings is 1. The fourth-order valence-corrected chi connectivity index (χ4v) is 4.11. The summed E-state index contributed by atoms with van der Waals surface area (Å²) >= 11 is 0. The number of hydrogen-bond donors (Lipinski definition) is 1. The van der Waals surface area contributed by atoms with Gasteiger partial charge in [-0.2, -0.15) is 0 Å². The predicted molar refractivity (Wildman–Crippen MR) is 99.1 cm³/mol. The second-order valence-corrected chi connectivity index (χ2v) is 7.36. The summed E-state index contributed by atoms with van der Waals surface area (Å²) in [4.78, 5) is 5.24. The van der Waals surface area contributed by atoms with E-state index in [1.165, 1.54) is 37.1 Å². The van der Waals surface area contributed by atoms with Crippen LogP contribution in [0.25, 0.3) is 0 Å². The maximum Gasteiger partial charge on any atom is 0.0594 e. The van der Waals surface area contributed by atoms with Crippen molar-refractivity contribution in [3.8, 4) is 0 Å². The first-order valence-electron chi connectivity index (χ1n) is 9.58. The first-order chi connectivity index (χ1) is 11.8. The lowest BCUT2D eigenvalue weighted by Crippen LogP contribution is -2.48. The van der Waals surface area contributed by atoms with Crippen LogP contribution in [0.2, 0.25) is 0 Å². The third-order valence-electron chi connectivity index (χ3n) is 5.80. The van der Waals surface area contributed by atoms with Gasteiger partial charge in [0, 0.05) is 25.7 Å². The molecule has 2 aliphatic heterocycles. The fourth-order valence-electron chi connectivity index (χ4n) is 4.11. The van der Waals surface area contributed by atoms with Gasteiger partial charge in [0.1, 0.15) is 0 Å². The van der Waals surface area contributed by atoms with Gasteiger partial charge in [-0.25, -0.2) is 0 Å². The lowest BCUT2D eigenvalue weighted by Gasteiger charge is -2.41.